The van der Waals surface area contributed by atoms with Crippen molar-refractivity contribution in [3.63, 3.8) is 0 Å². The number of carbonyl (C=O) groups is 1. The number of hydrogen-bond donors (Lipinski definition) is 0. The lowest BCUT2D eigenvalue weighted by molar-refractivity contribution is -0.131. The van der Waals surface area contributed by atoms with Crippen molar-refractivity contribution in [3.05, 3.63) is 89.9 Å². The van der Waals surface area contributed by atoms with E-state index in [-0.39, 0.29) is 17.6 Å². The van der Waals surface area contributed by atoms with Crippen molar-refractivity contribution in [2.24, 2.45) is 0 Å². The first-order chi connectivity index (χ1) is 18.5. The van der Waals surface area contributed by atoms with Crippen LogP contribution in [-0.2, 0) is 11.3 Å². The highest BCUT2D eigenvalue weighted by Gasteiger charge is 2.28. The molecule has 3 aromatic carbocycles. The van der Waals surface area contributed by atoms with Crippen LogP contribution in [0.1, 0.15) is 30.4 Å². The van der Waals surface area contributed by atoms with Crippen LogP contribution in [0.4, 0.5) is 10.1 Å². The van der Waals surface area contributed by atoms with Crippen LogP contribution >= 0.6 is 0 Å². The quantitative estimate of drug-likeness (QED) is 0.303. The molecule has 1 fully saturated rings. The van der Waals surface area contributed by atoms with Crippen LogP contribution < -0.4 is 14.4 Å². The van der Waals surface area contributed by atoms with E-state index in [0.29, 0.717) is 49.8 Å². The molecular formula is C31H34FN3O3. The highest BCUT2D eigenvalue weighted by atomic mass is 19.1. The van der Waals surface area contributed by atoms with E-state index in [9.17, 15) is 9.18 Å². The predicted octanol–water partition coefficient (Wildman–Crippen LogP) is 5.69. The van der Waals surface area contributed by atoms with E-state index < -0.39 is 0 Å². The monoisotopic (exact) mass is 515 g/mol. The molecule has 1 aliphatic rings. The number of aryl methyl sites for hydroxylation is 1. The Kier molecular flexibility index (Phi) is 7.54. The minimum Gasteiger partial charge on any atom is -0.497 e. The first-order valence-electron chi connectivity index (χ1n) is 13.1. The van der Waals surface area contributed by atoms with Crippen LogP contribution in [-0.4, -0.2) is 55.8 Å². The summed E-state index contributed by atoms with van der Waals surface area (Å²) in [6, 6.07) is 21.0. The third-order valence-corrected chi connectivity index (χ3v) is 7.52. The normalized spacial score (nSPS) is 14.5. The Hall–Kier alpha value is -4.00. The van der Waals surface area contributed by atoms with Gasteiger partial charge in [-0.1, -0.05) is 30.3 Å². The first kappa shape index (κ1) is 25.6. The maximum absolute atomic E-state index is 14.3. The standard InChI is InChI=1S/C31H34FN3O3/c1-4-33-21-27(25-9-5-7-11-29(25)33)26(22-17-23(37-2)19-24(18-22)38-3)20-31(36)35-15-13-34(14-16-35)30-12-8-6-10-28(30)32/h5-12,17-19,21,26H,4,13-16,20H2,1-3H3. The van der Waals surface area contributed by atoms with Crippen molar-refractivity contribution in [1.29, 1.82) is 0 Å². The summed E-state index contributed by atoms with van der Waals surface area (Å²) in [5.41, 5.74) is 3.82. The largest absolute Gasteiger partial charge is 0.497 e. The fourth-order valence-corrected chi connectivity index (χ4v) is 5.46. The summed E-state index contributed by atoms with van der Waals surface area (Å²) in [7, 11) is 3.27. The zero-order chi connectivity index (χ0) is 26.6. The maximum atomic E-state index is 14.3. The number of carbonyl (C=O) groups excluding carboxylic acids is 1. The van der Waals surface area contributed by atoms with Crippen LogP contribution in [0.5, 0.6) is 11.5 Å². The maximum Gasteiger partial charge on any atom is 0.223 e. The topological polar surface area (TPSA) is 46.9 Å². The van der Waals surface area contributed by atoms with Gasteiger partial charge in [0.2, 0.25) is 5.91 Å². The SMILES string of the molecule is CCn1cc(C(CC(=O)N2CCN(c3ccccc3F)CC2)c2cc(OC)cc(OC)c2)c2ccccc21. The second-order valence-electron chi connectivity index (χ2n) is 9.61. The Bertz CT molecular complexity index is 1400. The molecular weight excluding hydrogens is 481 g/mol. The number of rotatable bonds is 8. The minimum absolute atomic E-state index is 0.0818. The van der Waals surface area contributed by atoms with Crippen molar-refractivity contribution in [2.75, 3.05) is 45.3 Å². The molecule has 4 aromatic rings. The number of piperazine rings is 1. The van der Waals surface area contributed by atoms with E-state index in [4.69, 9.17) is 9.47 Å². The molecule has 0 spiro atoms. The van der Waals surface area contributed by atoms with Gasteiger partial charge >= 0.3 is 0 Å². The second kappa shape index (κ2) is 11.2. The summed E-state index contributed by atoms with van der Waals surface area (Å²) >= 11 is 0. The number of benzene rings is 3. The smallest absolute Gasteiger partial charge is 0.223 e. The molecule has 0 bridgehead atoms. The van der Waals surface area contributed by atoms with Gasteiger partial charge in [0, 0.05) is 68.2 Å². The van der Waals surface area contributed by atoms with Crippen molar-refractivity contribution in [1.82, 2.24) is 9.47 Å². The van der Waals surface area contributed by atoms with E-state index >= 15 is 0 Å². The zero-order valence-electron chi connectivity index (χ0n) is 22.2. The van der Waals surface area contributed by atoms with Gasteiger partial charge in [-0.15, -0.1) is 0 Å². The number of para-hydroxylation sites is 2. The van der Waals surface area contributed by atoms with Crippen molar-refractivity contribution in [3.8, 4) is 11.5 Å². The van der Waals surface area contributed by atoms with E-state index in [1.807, 2.05) is 46.2 Å². The summed E-state index contributed by atoms with van der Waals surface area (Å²) in [6.45, 7) is 5.26. The van der Waals surface area contributed by atoms with Gasteiger partial charge in [0.05, 0.1) is 19.9 Å². The average molecular weight is 516 g/mol. The molecule has 1 aromatic heterocycles. The molecule has 0 N–H and O–H groups in total. The van der Waals surface area contributed by atoms with Gasteiger partial charge in [-0.2, -0.15) is 0 Å². The van der Waals surface area contributed by atoms with Crippen LogP contribution in [0.3, 0.4) is 0 Å². The van der Waals surface area contributed by atoms with E-state index in [0.717, 1.165) is 28.6 Å². The molecule has 0 aliphatic carbocycles. The molecule has 0 radical (unpaired) electrons. The van der Waals surface area contributed by atoms with Gasteiger partial charge < -0.3 is 23.8 Å². The fraction of sp³-hybridized carbons (Fsp3) is 0.323. The summed E-state index contributed by atoms with van der Waals surface area (Å²) in [5, 5.41) is 1.14. The third kappa shape index (κ3) is 5.05. The molecule has 1 saturated heterocycles. The molecule has 1 unspecified atom stereocenters. The summed E-state index contributed by atoms with van der Waals surface area (Å²) in [6.07, 6.45) is 2.48. The lowest BCUT2D eigenvalue weighted by Gasteiger charge is -2.36. The van der Waals surface area contributed by atoms with Crippen LogP contribution in [0.2, 0.25) is 0 Å². The highest BCUT2D eigenvalue weighted by Crippen LogP contribution is 2.38. The van der Waals surface area contributed by atoms with E-state index in [2.05, 4.69) is 29.8 Å². The lowest BCUT2D eigenvalue weighted by atomic mass is 9.87. The van der Waals surface area contributed by atoms with Crippen LogP contribution in [0.15, 0.2) is 72.9 Å². The average Bonchev–Trinajstić information content (AvgIpc) is 3.34. The van der Waals surface area contributed by atoms with Crippen molar-refractivity contribution < 1.29 is 18.7 Å². The number of hydrogen-bond acceptors (Lipinski definition) is 4. The van der Waals surface area contributed by atoms with Gasteiger partial charge in [-0.25, -0.2) is 4.39 Å². The molecule has 198 valence electrons. The third-order valence-electron chi connectivity index (χ3n) is 7.52. The Balaban J connectivity index is 1.45. The van der Waals surface area contributed by atoms with Crippen LogP contribution in [0, 0.1) is 5.82 Å². The number of fused-ring (bicyclic) bond motifs is 1. The molecule has 1 atom stereocenters. The van der Waals surface area contributed by atoms with Gasteiger partial charge in [0.25, 0.3) is 0 Å². The number of nitrogens with zero attached hydrogens (tertiary/aromatic N) is 3. The summed E-state index contributed by atoms with van der Waals surface area (Å²) in [5.74, 6) is 1.04. The minimum atomic E-state index is -0.230. The summed E-state index contributed by atoms with van der Waals surface area (Å²) in [4.78, 5) is 17.7. The molecule has 5 rings (SSSR count). The molecule has 2 heterocycles. The van der Waals surface area contributed by atoms with Gasteiger partial charge in [-0.05, 0) is 48.4 Å². The second-order valence-corrected chi connectivity index (χ2v) is 9.61. The number of methoxy groups -OCH3 is 2. The number of aromatic nitrogens is 1. The van der Waals surface area contributed by atoms with E-state index in [1.165, 1.54) is 6.07 Å². The molecule has 6 nitrogen and oxygen atoms in total. The number of anilines is 1. The number of amides is 1. The summed E-state index contributed by atoms with van der Waals surface area (Å²) < 4.78 is 27.7. The van der Waals surface area contributed by atoms with Crippen molar-refractivity contribution >= 4 is 22.5 Å². The number of ether oxygens (including phenoxy) is 2. The fourth-order valence-electron chi connectivity index (χ4n) is 5.46. The Morgan fingerprint density at radius 1 is 0.921 bits per heavy atom. The lowest BCUT2D eigenvalue weighted by Crippen LogP contribution is -2.49. The van der Waals surface area contributed by atoms with Gasteiger partial charge in [0.15, 0.2) is 0 Å². The van der Waals surface area contributed by atoms with Gasteiger partial charge in [-0.3, -0.25) is 4.79 Å². The Morgan fingerprint density at radius 2 is 1.58 bits per heavy atom. The molecule has 7 heteroatoms. The Labute approximate surface area is 223 Å². The zero-order valence-corrected chi connectivity index (χ0v) is 22.2. The molecule has 1 aliphatic heterocycles. The predicted molar refractivity (Wildman–Crippen MR) is 149 cm³/mol. The van der Waals surface area contributed by atoms with Crippen molar-refractivity contribution in [2.45, 2.75) is 25.8 Å². The van der Waals surface area contributed by atoms with Crippen LogP contribution in [0.25, 0.3) is 10.9 Å². The van der Waals surface area contributed by atoms with Gasteiger partial charge in [0.1, 0.15) is 17.3 Å². The number of halogens is 1. The van der Waals surface area contributed by atoms with E-state index in [1.54, 1.807) is 26.4 Å². The highest BCUT2D eigenvalue weighted by molar-refractivity contribution is 5.87. The molecule has 1 amide bonds. The first-order valence-corrected chi connectivity index (χ1v) is 13.1. The molecule has 0 saturated carbocycles. The Morgan fingerprint density at radius 3 is 2.24 bits per heavy atom. The molecule has 38 heavy (non-hydrogen) atoms.